The Morgan fingerprint density at radius 3 is 2.60 bits per heavy atom. The van der Waals surface area contributed by atoms with Crippen LogP contribution in [0.1, 0.15) is 31.2 Å². The molecule has 0 unspecified atom stereocenters. The number of likely N-dealkylation sites (tertiary alicyclic amines) is 1. The van der Waals surface area contributed by atoms with Gasteiger partial charge in [0.1, 0.15) is 0 Å². The van der Waals surface area contributed by atoms with Crippen molar-refractivity contribution in [1.82, 2.24) is 0 Å². The van der Waals surface area contributed by atoms with Gasteiger partial charge >= 0.3 is 0 Å². The lowest BCUT2D eigenvalue weighted by Crippen LogP contribution is -3.17. The van der Waals surface area contributed by atoms with Crippen molar-refractivity contribution in [2.45, 2.75) is 38.6 Å². The van der Waals surface area contributed by atoms with Gasteiger partial charge in [0.2, 0.25) is 5.91 Å². The van der Waals surface area contributed by atoms with Crippen LogP contribution in [-0.4, -0.2) is 30.9 Å². The fourth-order valence-corrected chi connectivity index (χ4v) is 3.34. The number of quaternary nitrogens is 1. The number of carbonyl (C=O) groups is 2. The molecule has 20 heavy (non-hydrogen) atoms. The largest absolute Gasteiger partial charge is 0.324 e. The highest BCUT2D eigenvalue weighted by Gasteiger charge is 2.45. The van der Waals surface area contributed by atoms with Crippen molar-refractivity contribution in [3.8, 4) is 0 Å². The smallest absolute Gasteiger partial charge is 0.292 e. The lowest BCUT2D eigenvalue weighted by atomic mass is 10.1. The van der Waals surface area contributed by atoms with Crippen molar-refractivity contribution in [2.75, 3.05) is 18.0 Å². The first-order valence-corrected chi connectivity index (χ1v) is 7.45. The minimum atomic E-state index is -0.164. The van der Waals surface area contributed by atoms with Gasteiger partial charge in [-0.25, -0.2) is 4.90 Å². The molecule has 0 aromatic heterocycles. The minimum absolute atomic E-state index is 0.0162. The number of piperidine rings is 1. The molecule has 3 rings (SSSR count). The number of imide groups is 1. The number of nitrogens with zero attached hydrogens (tertiary/aromatic N) is 1. The van der Waals surface area contributed by atoms with Gasteiger partial charge in [-0.15, -0.1) is 0 Å². The molecule has 106 valence electrons. The summed E-state index contributed by atoms with van der Waals surface area (Å²) in [7, 11) is 0. The van der Waals surface area contributed by atoms with Crippen LogP contribution in [0, 0.1) is 6.92 Å². The number of benzene rings is 1. The van der Waals surface area contributed by atoms with Gasteiger partial charge in [-0.1, -0.05) is 12.1 Å². The van der Waals surface area contributed by atoms with E-state index in [2.05, 4.69) is 0 Å². The van der Waals surface area contributed by atoms with Crippen molar-refractivity contribution in [3.05, 3.63) is 29.8 Å². The second-order valence-corrected chi connectivity index (χ2v) is 5.88. The Bertz CT molecular complexity index is 535. The molecule has 2 saturated heterocycles. The van der Waals surface area contributed by atoms with Crippen LogP contribution in [0.25, 0.3) is 0 Å². The van der Waals surface area contributed by atoms with E-state index in [4.69, 9.17) is 0 Å². The predicted molar refractivity (Wildman–Crippen MR) is 76.6 cm³/mol. The lowest BCUT2D eigenvalue weighted by Gasteiger charge is -2.27. The van der Waals surface area contributed by atoms with Crippen LogP contribution < -0.4 is 9.80 Å². The van der Waals surface area contributed by atoms with Gasteiger partial charge < -0.3 is 4.90 Å². The van der Waals surface area contributed by atoms with Crippen LogP contribution in [-0.2, 0) is 9.59 Å². The van der Waals surface area contributed by atoms with E-state index in [1.165, 1.54) is 16.2 Å². The van der Waals surface area contributed by atoms with Gasteiger partial charge in [0.15, 0.2) is 6.04 Å². The highest BCUT2D eigenvalue weighted by molar-refractivity contribution is 6.21. The molecular weight excluding hydrogens is 252 g/mol. The Labute approximate surface area is 119 Å². The first kappa shape index (κ1) is 13.3. The third-order valence-corrected chi connectivity index (χ3v) is 4.40. The number of hydrogen-bond donors (Lipinski definition) is 1. The summed E-state index contributed by atoms with van der Waals surface area (Å²) < 4.78 is 0. The van der Waals surface area contributed by atoms with Gasteiger partial charge in [-0.05, 0) is 43.9 Å². The third kappa shape index (κ3) is 2.36. The Kier molecular flexibility index (Phi) is 3.57. The fourth-order valence-electron chi connectivity index (χ4n) is 3.34. The number of rotatable bonds is 2. The van der Waals surface area contributed by atoms with E-state index in [1.807, 2.05) is 31.2 Å². The Morgan fingerprint density at radius 1 is 1.15 bits per heavy atom. The van der Waals surface area contributed by atoms with Gasteiger partial charge in [-0.3, -0.25) is 9.59 Å². The molecule has 0 spiro atoms. The van der Waals surface area contributed by atoms with Crippen LogP contribution >= 0.6 is 0 Å². The van der Waals surface area contributed by atoms with Crippen LogP contribution in [0.5, 0.6) is 0 Å². The van der Waals surface area contributed by atoms with Gasteiger partial charge in [0.05, 0.1) is 25.2 Å². The molecule has 0 aliphatic carbocycles. The molecule has 0 saturated carbocycles. The van der Waals surface area contributed by atoms with Crippen LogP contribution in [0.2, 0.25) is 0 Å². The molecular formula is C16H21N2O2+. The fraction of sp³-hybridized carbons (Fsp3) is 0.500. The average Bonchev–Trinajstić information content (AvgIpc) is 2.75. The van der Waals surface area contributed by atoms with Crippen LogP contribution in [0.15, 0.2) is 24.3 Å². The minimum Gasteiger partial charge on any atom is -0.324 e. The van der Waals surface area contributed by atoms with E-state index in [0.29, 0.717) is 6.42 Å². The summed E-state index contributed by atoms with van der Waals surface area (Å²) in [5, 5.41) is 0. The molecule has 2 amide bonds. The summed E-state index contributed by atoms with van der Waals surface area (Å²) in [6, 6.07) is 7.46. The second-order valence-electron chi connectivity index (χ2n) is 5.88. The van der Waals surface area contributed by atoms with Crippen molar-refractivity contribution >= 4 is 17.5 Å². The second kappa shape index (κ2) is 5.37. The summed E-state index contributed by atoms with van der Waals surface area (Å²) in [5.41, 5.74) is 1.79. The maximum Gasteiger partial charge on any atom is 0.292 e. The number of aryl methyl sites for hydroxylation is 1. The first-order valence-electron chi connectivity index (χ1n) is 7.45. The Hall–Kier alpha value is -1.68. The van der Waals surface area contributed by atoms with Crippen LogP contribution in [0.4, 0.5) is 5.69 Å². The highest BCUT2D eigenvalue weighted by Crippen LogP contribution is 2.23. The van der Waals surface area contributed by atoms with E-state index in [-0.39, 0.29) is 17.9 Å². The lowest BCUT2D eigenvalue weighted by molar-refractivity contribution is -0.919. The van der Waals surface area contributed by atoms with Gasteiger partial charge in [-0.2, -0.15) is 0 Å². The van der Waals surface area contributed by atoms with Crippen molar-refractivity contribution in [3.63, 3.8) is 0 Å². The molecule has 0 bridgehead atoms. The summed E-state index contributed by atoms with van der Waals surface area (Å²) in [5.74, 6) is -0.0684. The van der Waals surface area contributed by atoms with E-state index >= 15 is 0 Å². The Morgan fingerprint density at radius 2 is 1.90 bits per heavy atom. The monoisotopic (exact) mass is 273 g/mol. The zero-order valence-corrected chi connectivity index (χ0v) is 11.9. The van der Waals surface area contributed by atoms with Gasteiger partial charge in [0, 0.05) is 0 Å². The standard InChI is InChI=1S/C16H20N2O2/c1-12-6-5-7-13(10-12)18-15(19)11-14(16(18)20)17-8-3-2-4-9-17/h5-7,10,14H,2-4,8-9,11H2,1H3/p+1/t14-/m1/s1. The number of amides is 2. The number of hydrogen-bond acceptors (Lipinski definition) is 2. The Balaban J connectivity index is 1.83. The molecule has 2 aliphatic rings. The van der Waals surface area contributed by atoms with E-state index in [0.717, 1.165) is 37.2 Å². The molecule has 4 heteroatoms. The zero-order chi connectivity index (χ0) is 14.1. The molecule has 4 nitrogen and oxygen atoms in total. The molecule has 2 aliphatic heterocycles. The number of anilines is 1. The normalized spacial score (nSPS) is 24.4. The number of carbonyl (C=O) groups excluding carboxylic acids is 2. The highest BCUT2D eigenvalue weighted by atomic mass is 16.2. The molecule has 1 aromatic rings. The molecule has 2 heterocycles. The molecule has 1 N–H and O–H groups in total. The maximum atomic E-state index is 12.6. The predicted octanol–water partition coefficient (Wildman–Crippen LogP) is 0.696. The molecule has 1 atom stereocenters. The van der Waals surface area contributed by atoms with E-state index in [9.17, 15) is 9.59 Å². The van der Waals surface area contributed by atoms with Crippen molar-refractivity contribution in [1.29, 1.82) is 0 Å². The summed E-state index contributed by atoms with van der Waals surface area (Å²) in [4.78, 5) is 27.5. The van der Waals surface area contributed by atoms with Crippen molar-refractivity contribution in [2.24, 2.45) is 0 Å². The maximum absolute atomic E-state index is 12.6. The summed E-state index contributed by atoms with van der Waals surface area (Å²) in [6.45, 7) is 4.01. The SMILES string of the molecule is Cc1cccc(N2C(=O)C[C@@H]([NH+]3CCCCC3)C2=O)c1. The number of nitrogens with one attached hydrogen (secondary N) is 1. The summed E-state index contributed by atoms with van der Waals surface area (Å²) >= 11 is 0. The topological polar surface area (TPSA) is 41.8 Å². The van der Waals surface area contributed by atoms with Crippen molar-refractivity contribution < 1.29 is 14.5 Å². The molecule has 2 fully saturated rings. The first-order chi connectivity index (χ1) is 9.66. The van der Waals surface area contributed by atoms with Crippen LogP contribution in [0.3, 0.4) is 0 Å². The average molecular weight is 273 g/mol. The van der Waals surface area contributed by atoms with Gasteiger partial charge in [0.25, 0.3) is 5.91 Å². The molecule has 1 aromatic carbocycles. The third-order valence-electron chi connectivity index (χ3n) is 4.40. The summed E-state index contributed by atoms with van der Waals surface area (Å²) in [6.07, 6.45) is 3.94. The quantitative estimate of drug-likeness (QED) is 0.806. The van der Waals surface area contributed by atoms with E-state index < -0.39 is 0 Å². The zero-order valence-electron chi connectivity index (χ0n) is 11.9. The molecule has 0 radical (unpaired) electrons. The van der Waals surface area contributed by atoms with E-state index in [1.54, 1.807) is 0 Å².